The predicted octanol–water partition coefficient (Wildman–Crippen LogP) is 4.86. The summed E-state index contributed by atoms with van der Waals surface area (Å²) in [7, 11) is 0. The number of carboxylic acid groups (broad SMARTS) is 1. The fraction of sp³-hybridized carbons (Fsp3) is 0.296. The summed E-state index contributed by atoms with van der Waals surface area (Å²) in [5, 5.41) is 25.6. The van der Waals surface area contributed by atoms with Crippen molar-refractivity contribution in [2.75, 3.05) is 11.9 Å². The number of halogens is 1. The zero-order chi connectivity index (χ0) is 27.1. The van der Waals surface area contributed by atoms with Gasteiger partial charge in [-0.3, -0.25) is 9.59 Å². The number of nitrogens with zero attached hydrogens (tertiary/aromatic N) is 1. The SMILES string of the molecule is CCOc1cccc(Cl)c1Cn1c(C)c(CC)c(O)c(NC(=O)N[C@@H](CC(=O)O)c2ccccc2)c1=O. The number of aliphatic carboxylic acids is 1. The topological polar surface area (TPSA) is 130 Å². The van der Waals surface area contributed by atoms with Crippen LogP contribution in [0.15, 0.2) is 53.3 Å². The maximum atomic E-state index is 13.5. The van der Waals surface area contributed by atoms with E-state index in [1.165, 1.54) is 4.57 Å². The number of carbonyl (C=O) groups is 2. The third-order valence-electron chi connectivity index (χ3n) is 5.99. The van der Waals surface area contributed by atoms with Gasteiger partial charge in [0.15, 0.2) is 5.69 Å². The average Bonchev–Trinajstić information content (AvgIpc) is 2.86. The van der Waals surface area contributed by atoms with Gasteiger partial charge in [0.1, 0.15) is 11.5 Å². The lowest BCUT2D eigenvalue weighted by atomic mass is 10.0. The zero-order valence-electron chi connectivity index (χ0n) is 20.9. The number of anilines is 1. The Hall–Kier alpha value is -3.98. The predicted molar refractivity (Wildman–Crippen MR) is 142 cm³/mol. The van der Waals surface area contributed by atoms with E-state index in [1.54, 1.807) is 55.5 Å². The highest BCUT2D eigenvalue weighted by Gasteiger charge is 2.24. The van der Waals surface area contributed by atoms with E-state index in [1.807, 2.05) is 13.8 Å². The number of pyridine rings is 1. The van der Waals surface area contributed by atoms with Crippen molar-refractivity contribution in [1.29, 1.82) is 0 Å². The van der Waals surface area contributed by atoms with E-state index in [2.05, 4.69) is 10.6 Å². The number of nitrogens with one attached hydrogen (secondary N) is 2. The van der Waals surface area contributed by atoms with E-state index in [9.17, 15) is 24.6 Å². The minimum absolute atomic E-state index is 0.0505. The van der Waals surface area contributed by atoms with E-state index in [4.69, 9.17) is 16.3 Å². The summed E-state index contributed by atoms with van der Waals surface area (Å²) < 4.78 is 7.11. The first kappa shape index (κ1) is 27.6. The highest BCUT2D eigenvalue weighted by atomic mass is 35.5. The van der Waals surface area contributed by atoms with Crippen molar-refractivity contribution in [3.8, 4) is 11.5 Å². The van der Waals surface area contributed by atoms with Gasteiger partial charge in [0.05, 0.1) is 25.6 Å². The maximum absolute atomic E-state index is 13.5. The van der Waals surface area contributed by atoms with Gasteiger partial charge < -0.3 is 30.2 Å². The number of ether oxygens (including phenoxy) is 1. The number of rotatable bonds is 10. The molecule has 0 saturated carbocycles. The van der Waals surface area contributed by atoms with E-state index < -0.39 is 23.6 Å². The second-order valence-corrected chi connectivity index (χ2v) is 8.75. The molecule has 3 rings (SSSR count). The molecule has 0 aliphatic rings. The van der Waals surface area contributed by atoms with E-state index in [0.29, 0.717) is 46.2 Å². The second-order valence-electron chi connectivity index (χ2n) is 8.34. The van der Waals surface area contributed by atoms with Crippen molar-refractivity contribution in [2.45, 2.75) is 46.2 Å². The summed E-state index contributed by atoms with van der Waals surface area (Å²) in [4.78, 5) is 37.8. The molecule has 0 spiro atoms. The number of hydrogen-bond donors (Lipinski definition) is 4. The van der Waals surface area contributed by atoms with E-state index >= 15 is 0 Å². The van der Waals surface area contributed by atoms with Crippen LogP contribution >= 0.6 is 11.6 Å². The molecule has 196 valence electrons. The van der Waals surface area contributed by atoms with Crippen LogP contribution in [0.25, 0.3) is 0 Å². The normalized spacial score (nSPS) is 11.6. The average molecular weight is 528 g/mol. The van der Waals surface area contributed by atoms with Crippen LogP contribution in [0.2, 0.25) is 5.02 Å². The fourth-order valence-electron chi connectivity index (χ4n) is 4.16. The van der Waals surface area contributed by atoms with Crippen LogP contribution in [-0.4, -0.2) is 33.4 Å². The van der Waals surface area contributed by atoms with Gasteiger partial charge in [-0.15, -0.1) is 0 Å². The Kier molecular flexibility index (Phi) is 9.19. The largest absolute Gasteiger partial charge is 0.505 e. The van der Waals surface area contributed by atoms with Crippen molar-refractivity contribution >= 4 is 29.3 Å². The molecule has 0 saturated heterocycles. The summed E-state index contributed by atoms with van der Waals surface area (Å²) in [6.07, 6.45) is 0.0230. The van der Waals surface area contributed by atoms with Crippen LogP contribution in [0.3, 0.4) is 0 Å². The van der Waals surface area contributed by atoms with Gasteiger partial charge in [-0.25, -0.2) is 4.79 Å². The van der Waals surface area contributed by atoms with Crippen LogP contribution in [0.5, 0.6) is 11.5 Å². The quantitative estimate of drug-likeness (QED) is 0.298. The fourth-order valence-corrected chi connectivity index (χ4v) is 4.39. The van der Waals surface area contributed by atoms with Crippen molar-refractivity contribution in [3.05, 3.63) is 86.3 Å². The van der Waals surface area contributed by atoms with Gasteiger partial charge in [0, 0.05) is 21.8 Å². The van der Waals surface area contributed by atoms with Gasteiger partial charge in [0.2, 0.25) is 0 Å². The number of aromatic hydroxyl groups is 1. The van der Waals surface area contributed by atoms with Crippen LogP contribution in [0, 0.1) is 6.92 Å². The third kappa shape index (κ3) is 6.42. The standard InChI is InChI=1S/C27H30ClN3O6/c1-4-18-16(3)31(15-19-20(28)12-9-13-22(19)37-5-2)26(35)24(25(18)34)30-27(36)29-21(14-23(32)33)17-10-7-6-8-11-17/h6-13,21,34H,4-5,14-15H2,1-3H3,(H,32,33)(H2,29,30,36)/t21-/m0/s1. The van der Waals surface area contributed by atoms with Crippen molar-refractivity contribution < 1.29 is 24.5 Å². The highest BCUT2D eigenvalue weighted by Crippen LogP contribution is 2.31. The molecule has 3 aromatic rings. The van der Waals surface area contributed by atoms with Gasteiger partial charge in [-0.1, -0.05) is 54.9 Å². The minimum atomic E-state index is -1.10. The lowest BCUT2D eigenvalue weighted by Crippen LogP contribution is -2.37. The highest BCUT2D eigenvalue weighted by molar-refractivity contribution is 6.31. The van der Waals surface area contributed by atoms with Crippen molar-refractivity contribution in [1.82, 2.24) is 9.88 Å². The Morgan fingerprint density at radius 3 is 2.41 bits per heavy atom. The Balaban J connectivity index is 2.00. The first-order valence-corrected chi connectivity index (χ1v) is 12.2. The Labute approximate surface area is 219 Å². The van der Waals surface area contributed by atoms with Crippen LogP contribution in [0.1, 0.15) is 48.7 Å². The zero-order valence-corrected chi connectivity index (χ0v) is 21.6. The molecule has 1 aromatic heterocycles. The van der Waals surface area contributed by atoms with Crippen LogP contribution < -0.4 is 20.9 Å². The number of hydrogen-bond acceptors (Lipinski definition) is 5. The molecule has 1 heterocycles. The Morgan fingerprint density at radius 1 is 1.08 bits per heavy atom. The Bertz CT molecular complexity index is 1340. The van der Waals surface area contributed by atoms with Crippen molar-refractivity contribution in [3.63, 3.8) is 0 Å². The molecule has 0 aliphatic carbocycles. The molecule has 0 radical (unpaired) electrons. The molecule has 0 fully saturated rings. The molecule has 0 bridgehead atoms. The molecule has 0 aliphatic heterocycles. The first-order valence-electron chi connectivity index (χ1n) is 11.9. The molecule has 0 unspecified atom stereocenters. The lowest BCUT2D eigenvalue weighted by molar-refractivity contribution is -0.137. The Morgan fingerprint density at radius 2 is 1.78 bits per heavy atom. The number of aromatic nitrogens is 1. The van der Waals surface area contributed by atoms with Gasteiger partial charge in [-0.05, 0) is 38.0 Å². The number of benzene rings is 2. The lowest BCUT2D eigenvalue weighted by Gasteiger charge is -2.21. The molecule has 2 aromatic carbocycles. The molecular formula is C27H30ClN3O6. The summed E-state index contributed by atoms with van der Waals surface area (Å²) >= 11 is 6.43. The molecule has 4 N–H and O–H groups in total. The van der Waals surface area contributed by atoms with Crippen LogP contribution in [0.4, 0.5) is 10.5 Å². The summed E-state index contributed by atoms with van der Waals surface area (Å²) in [6, 6.07) is 12.1. The van der Waals surface area contributed by atoms with E-state index in [-0.39, 0.29) is 24.4 Å². The molecule has 10 heteroatoms. The molecule has 9 nitrogen and oxygen atoms in total. The van der Waals surface area contributed by atoms with E-state index in [0.717, 1.165) is 0 Å². The third-order valence-corrected chi connectivity index (χ3v) is 6.35. The number of carbonyl (C=O) groups excluding carboxylic acids is 1. The number of carboxylic acids is 1. The molecule has 1 atom stereocenters. The summed E-state index contributed by atoms with van der Waals surface area (Å²) in [6.45, 7) is 5.82. The van der Waals surface area contributed by atoms with Crippen LogP contribution in [-0.2, 0) is 17.8 Å². The molecule has 37 heavy (non-hydrogen) atoms. The second kappa shape index (κ2) is 12.3. The summed E-state index contributed by atoms with van der Waals surface area (Å²) in [5.74, 6) is -0.915. The van der Waals surface area contributed by atoms with Crippen molar-refractivity contribution in [2.24, 2.45) is 0 Å². The summed E-state index contributed by atoms with van der Waals surface area (Å²) in [5.41, 5.74) is 1.22. The van der Waals surface area contributed by atoms with Gasteiger partial charge >= 0.3 is 12.0 Å². The molecule has 2 amide bonds. The smallest absolute Gasteiger partial charge is 0.319 e. The monoisotopic (exact) mass is 527 g/mol. The minimum Gasteiger partial charge on any atom is -0.505 e. The van der Waals surface area contributed by atoms with Gasteiger partial charge in [0.25, 0.3) is 5.56 Å². The number of amides is 2. The maximum Gasteiger partial charge on any atom is 0.319 e. The van der Waals surface area contributed by atoms with Gasteiger partial charge in [-0.2, -0.15) is 0 Å². The molecular weight excluding hydrogens is 498 g/mol. The number of urea groups is 1. The first-order chi connectivity index (χ1) is 17.7.